The zero-order chi connectivity index (χ0) is 12.3. The van der Waals surface area contributed by atoms with Gasteiger partial charge in [-0.05, 0) is 31.6 Å². The first-order valence-corrected chi connectivity index (χ1v) is 5.64. The summed E-state index contributed by atoms with van der Waals surface area (Å²) in [7, 11) is 0. The third kappa shape index (κ3) is 2.82. The van der Waals surface area contributed by atoms with E-state index in [1.54, 1.807) is 13.1 Å². The zero-order valence-electron chi connectivity index (χ0n) is 10.0. The van der Waals surface area contributed by atoms with E-state index >= 15 is 0 Å². The summed E-state index contributed by atoms with van der Waals surface area (Å²) in [4.78, 5) is 0. The Balaban J connectivity index is 2.28. The van der Waals surface area contributed by atoms with E-state index < -0.39 is 6.10 Å². The number of aromatic nitrogens is 2. The number of aliphatic hydroxyl groups is 1. The lowest BCUT2D eigenvalue weighted by atomic mass is 10.1. The Morgan fingerprint density at radius 3 is 2.71 bits per heavy atom. The van der Waals surface area contributed by atoms with Crippen molar-refractivity contribution in [3.05, 3.63) is 54.4 Å². The smallest absolute Gasteiger partial charge is 0.0698 e. The molecule has 1 N–H and O–H groups in total. The Morgan fingerprint density at radius 2 is 2.06 bits per heavy atom. The van der Waals surface area contributed by atoms with Gasteiger partial charge >= 0.3 is 0 Å². The third-order valence-electron chi connectivity index (χ3n) is 2.55. The summed E-state index contributed by atoms with van der Waals surface area (Å²) in [5.74, 6) is 0. The van der Waals surface area contributed by atoms with Crippen molar-refractivity contribution >= 4 is 5.57 Å². The van der Waals surface area contributed by atoms with Crippen LogP contribution in [0.15, 0.2) is 48.8 Å². The molecule has 1 aromatic carbocycles. The van der Waals surface area contributed by atoms with Gasteiger partial charge in [0.1, 0.15) is 0 Å². The molecule has 0 aliphatic heterocycles. The number of benzene rings is 1. The van der Waals surface area contributed by atoms with Gasteiger partial charge in [0.25, 0.3) is 0 Å². The second-order valence-electron chi connectivity index (χ2n) is 4.10. The minimum Gasteiger partial charge on any atom is -0.389 e. The van der Waals surface area contributed by atoms with E-state index in [-0.39, 0.29) is 0 Å². The number of para-hydroxylation sites is 1. The van der Waals surface area contributed by atoms with Gasteiger partial charge in [-0.25, -0.2) is 4.68 Å². The van der Waals surface area contributed by atoms with E-state index in [1.807, 2.05) is 54.2 Å². The van der Waals surface area contributed by atoms with Crippen LogP contribution in [0.2, 0.25) is 0 Å². The number of hydrogen-bond acceptors (Lipinski definition) is 2. The summed E-state index contributed by atoms with van der Waals surface area (Å²) in [6, 6.07) is 9.95. The molecule has 2 aromatic rings. The fraction of sp³-hybridized carbons (Fsp3) is 0.214. The molecule has 1 aromatic heterocycles. The van der Waals surface area contributed by atoms with Gasteiger partial charge in [0.05, 0.1) is 18.0 Å². The summed E-state index contributed by atoms with van der Waals surface area (Å²) in [5.41, 5.74) is 3.08. The molecule has 17 heavy (non-hydrogen) atoms. The number of allylic oxidation sites excluding steroid dienone is 1. The van der Waals surface area contributed by atoms with Gasteiger partial charge in [-0.15, -0.1) is 0 Å². The van der Waals surface area contributed by atoms with Gasteiger partial charge < -0.3 is 5.11 Å². The van der Waals surface area contributed by atoms with Gasteiger partial charge in [-0.3, -0.25) is 0 Å². The molecule has 0 saturated carbocycles. The molecule has 88 valence electrons. The largest absolute Gasteiger partial charge is 0.389 e. The van der Waals surface area contributed by atoms with Gasteiger partial charge in [0.2, 0.25) is 0 Å². The fourth-order valence-electron chi connectivity index (χ4n) is 1.71. The van der Waals surface area contributed by atoms with Crippen molar-refractivity contribution in [3.8, 4) is 5.69 Å². The summed E-state index contributed by atoms with van der Waals surface area (Å²) in [5, 5.41) is 13.6. The molecule has 1 heterocycles. The van der Waals surface area contributed by atoms with E-state index in [1.165, 1.54) is 0 Å². The molecule has 0 fully saturated rings. The van der Waals surface area contributed by atoms with E-state index in [9.17, 15) is 5.11 Å². The first kappa shape index (κ1) is 11.6. The molecular formula is C14H16N2O. The average molecular weight is 228 g/mol. The second-order valence-corrected chi connectivity index (χ2v) is 4.10. The summed E-state index contributed by atoms with van der Waals surface area (Å²) < 4.78 is 1.83. The number of rotatable bonds is 3. The lowest BCUT2D eigenvalue weighted by Gasteiger charge is -2.00. The predicted octanol–water partition coefficient (Wildman–Crippen LogP) is 2.66. The van der Waals surface area contributed by atoms with Crippen LogP contribution in [0.25, 0.3) is 11.3 Å². The summed E-state index contributed by atoms with van der Waals surface area (Å²) in [6.45, 7) is 3.71. The standard InChI is InChI=1S/C14H16N2O/c1-11(8-12(2)17)13-9-15-16(10-13)14-6-4-3-5-7-14/h3-10,12,17H,1-2H3/b11-8-. The minimum atomic E-state index is -0.435. The van der Waals surface area contributed by atoms with E-state index in [0.717, 1.165) is 16.8 Å². The van der Waals surface area contributed by atoms with Crippen LogP contribution in [0, 0.1) is 0 Å². The highest BCUT2D eigenvalue weighted by molar-refractivity contribution is 5.63. The zero-order valence-corrected chi connectivity index (χ0v) is 10.0. The molecule has 3 heteroatoms. The van der Waals surface area contributed by atoms with Crippen molar-refractivity contribution in [1.29, 1.82) is 0 Å². The van der Waals surface area contributed by atoms with E-state index in [4.69, 9.17) is 0 Å². The third-order valence-corrected chi connectivity index (χ3v) is 2.55. The van der Waals surface area contributed by atoms with Crippen LogP contribution >= 0.6 is 0 Å². The summed E-state index contributed by atoms with van der Waals surface area (Å²) in [6.07, 6.45) is 5.15. The molecule has 0 amide bonds. The van der Waals surface area contributed by atoms with Gasteiger partial charge in [0.15, 0.2) is 0 Å². The van der Waals surface area contributed by atoms with Crippen LogP contribution in [0.5, 0.6) is 0 Å². The fourth-order valence-corrected chi connectivity index (χ4v) is 1.71. The number of nitrogens with zero attached hydrogens (tertiary/aromatic N) is 2. The Labute approximate surface area is 101 Å². The molecule has 0 bridgehead atoms. The topological polar surface area (TPSA) is 38.1 Å². The highest BCUT2D eigenvalue weighted by atomic mass is 16.3. The van der Waals surface area contributed by atoms with Gasteiger partial charge in [-0.1, -0.05) is 24.3 Å². The first-order chi connectivity index (χ1) is 8.16. The highest BCUT2D eigenvalue weighted by Crippen LogP contribution is 2.15. The molecule has 0 radical (unpaired) electrons. The second kappa shape index (κ2) is 4.97. The molecule has 1 atom stereocenters. The van der Waals surface area contributed by atoms with Crippen molar-refractivity contribution in [2.24, 2.45) is 0 Å². The van der Waals surface area contributed by atoms with Gasteiger partial charge in [-0.2, -0.15) is 5.10 Å². The molecule has 0 spiro atoms. The molecular weight excluding hydrogens is 212 g/mol. The number of hydrogen-bond donors (Lipinski definition) is 1. The number of aliphatic hydroxyl groups excluding tert-OH is 1. The van der Waals surface area contributed by atoms with Crippen LogP contribution < -0.4 is 0 Å². The SMILES string of the molecule is C/C(=C/C(C)O)c1cnn(-c2ccccc2)c1. The van der Waals surface area contributed by atoms with Crippen molar-refractivity contribution in [2.45, 2.75) is 20.0 Å². The van der Waals surface area contributed by atoms with E-state index in [2.05, 4.69) is 5.10 Å². The maximum absolute atomic E-state index is 9.30. The van der Waals surface area contributed by atoms with E-state index in [0.29, 0.717) is 0 Å². The average Bonchev–Trinajstić information content (AvgIpc) is 2.78. The molecule has 3 nitrogen and oxygen atoms in total. The monoisotopic (exact) mass is 228 g/mol. The minimum absolute atomic E-state index is 0.435. The lowest BCUT2D eigenvalue weighted by molar-refractivity contribution is 0.244. The quantitative estimate of drug-likeness (QED) is 0.877. The first-order valence-electron chi connectivity index (χ1n) is 5.64. The molecule has 1 unspecified atom stereocenters. The Bertz CT molecular complexity index is 512. The van der Waals surface area contributed by atoms with Crippen LogP contribution in [-0.4, -0.2) is 21.0 Å². The molecule has 2 rings (SSSR count). The molecule has 0 aliphatic rings. The molecule has 0 saturated heterocycles. The Hall–Kier alpha value is -1.87. The normalized spacial score (nSPS) is 13.7. The van der Waals surface area contributed by atoms with Crippen LogP contribution in [0.4, 0.5) is 0 Å². The lowest BCUT2D eigenvalue weighted by Crippen LogP contribution is -1.94. The van der Waals surface area contributed by atoms with Crippen LogP contribution in [0.1, 0.15) is 19.4 Å². The van der Waals surface area contributed by atoms with Crippen LogP contribution in [0.3, 0.4) is 0 Å². The highest BCUT2D eigenvalue weighted by Gasteiger charge is 2.02. The predicted molar refractivity (Wildman–Crippen MR) is 68.9 cm³/mol. The van der Waals surface area contributed by atoms with Crippen LogP contribution in [-0.2, 0) is 0 Å². The van der Waals surface area contributed by atoms with Crippen molar-refractivity contribution in [1.82, 2.24) is 9.78 Å². The molecule has 0 aliphatic carbocycles. The summed E-state index contributed by atoms with van der Waals surface area (Å²) >= 11 is 0. The maximum Gasteiger partial charge on any atom is 0.0698 e. The van der Waals surface area contributed by atoms with Crippen molar-refractivity contribution < 1.29 is 5.11 Å². The maximum atomic E-state index is 9.30. The van der Waals surface area contributed by atoms with Crippen molar-refractivity contribution in [2.75, 3.05) is 0 Å². The van der Waals surface area contributed by atoms with Crippen molar-refractivity contribution in [3.63, 3.8) is 0 Å². The Kier molecular flexibility index (Phi) is 3.40. The Morgan fingerprint density at radius 1 is 1.35 bits per heavy atom. The van der Waals surface area contributed by atoms with Gasteiger partial charge in [0, 0.05) is 11.8 Å².